The third kappa shape index (κ3) is 4.50. The number of hydrogen-bond acceptors (Lipinski definition) is 6. The summed E-state index contributed by atoms with van der Waals surface area (Å²) in [5.74, 6) is 0.978. The fraction of sp³-hybridized carbons (Fsp3) is 0.278. The second kappa shape index (κ2) is 8.64. The first kappa shape index (κ1) is 18.2. The number of methoxy groups -OCH3 is 1. The van der Waals surface area contributed by atoms with Crippen molar-refractivity contribution >= 4 is 17.5 Å². The third-order valence-corrected chi connectivity index (χ3v) is 3.97. The van der Waals surface area contributed by atoms with Gasteiger partial charge in [0.15, 0.2) is 5.76 Å². The number of hydrogen-bond donors (Lipinski definition) is 0. The molecule has 0 atom stereocenters. The molecule has 0 spiro atoms. The molecule has 0 radical (unpaired) electrons. The Morgan fingerprint density at radius 2 is 2.15 bits per heavy atom. The molecule has 1 amide bonds. The maximum atomic E-state index is 12.5. The summed E-state index contributed by atoms with van der Waals surface area (Å²) in [6.45, 7) is 1.26. The summed E-state index contributed by atoms with van der Waals surface area (Å²) in [6.07, 6.45) is 1.89. The fourth-order valence-electron chi connectivity index (χ4n) is 2.40. The summed E-state index contributed by atoms with van der Waals surface area (Å²) in [5, 5.41) is 4.57. The lowest BCUT2D eigenvalue weighted by Crippen LogP contribution is -2.35. The quantitative estimate of drug-likeness (QED) is 0.600. The highest BCUT2D eigenvalue weighted by Crippen LogP contribution is 2.20. The number of aromatic nitrogens is 2. The van der Waals surface area contributed by atoms with E-state index < -0.39 is 0 Å². The van der Waals surface area contributed by atoms with Gasteiger partial charge in [0.25, 0.3) is 5.91 Å². The van der Waals surface area contributed by atoms with Crippen molar-refractivity contribution in [1.29, 1.82) is 0 Å². The Morgan fingerprint density at radius 3 is 2.88 bits per heavy atom. The van der Waals surface area contributed by atoms with Crippen LogP contribution in [0.4, 0.5) is 0 Å². The van der Waals surface area contributed by atoms with E-state index in [9.17, 15) is 4.79 Å². The van der Waals surface area contributed by atoms with Crippen molar-refractivity contribution in [2.24, 2.45) is 0 Å². The molecule has 7 nitrogen and oxygen atoms in total. The van der Waals surface area contributed by atoms with Gasteiger partial charge in [0.2, 0.25) is 11.7 Å². The first-order valence-electron chi connectivity index (χ1n) is 8.07. The highest BCUT2D eigenvalue weighted by atomic mass is 35.5. The molecule has 2 heterocycles. The first-order chi connectivity index (χ1) is 12.7. The van der Waals surface area contributed by atoms with Gasteiger partial charge in [0.05, 0.1) is 12.9 Å². The number of amides is 1. The van der Waals surface area contributed by atoms with Gasteiger partial charge in [-0.25, -0.2) is 0 Å². The van der Waals surface area contributed by atoms with Crippen LogP contribution in [-0.2, 0) is 11.2 Å². The molecule has 3 aromatic rings. The van der Waals surface area contributed by atoms with Crippen LogP contribution < -0.4 is 0 Å². The van der Waals surface area contributed by atoms with Crippen molar-refractivity contribution in [3.05, 3.63) is 59.3 Å². The molecule has 26 heavy (non-hydrogen) atoms. The number of benzene rings is 1. The number of rotatable bonds is 8. The van der Waals surface area contributed by atoms with Crippen LogP contribution in [0.2, 0.25) is 5.02 Å². The molecule has 136 valence electrons. The molecule has 8 heteroatoms. The van der Waals surface area contributed by atoms with Crippen molar-refractivity contribution in [3.8, 4) is 11.4 Å². The van der Waals surface area contributed by atoms with Crippen molar-refractivity contribution in [3.63, 3.8) is 0 Å². The number of ether oxygens (including phenoxy) is 1. The summed E-state index contributed by atoms with van der Waals surface area (Å²) in [7, 11) is 1.59. The average Bonchev–Trinajstić information content (AvgIpc) is 3.33. The van der Waals surface area contributed by atoms with E-state index in [2.05, 4.69) is 10.1 Å². The minimum absolute atomic E-state index is 0.207. The van der Waals surface area contributed by atoms with Crippen molar-refractivity contribution in [2.45, 2.75) is 6.42 Å². The minimum Gasteiger partial charge on any atom is -0.459 e. The molecule has 2 aromatic heterocycles. The van der Waals surface area contributed by atoms with Crippen molar-refractivity contribution in [1.82, 2.24) is 15.0 Å². The van der Waals surface area contributed by atoms with Gasteiger partial charge in [-0.2, -0.15) is 4.98 Å². The van der Waals surface area contributed by atoms with E-state index in [-0.39, 0.29) is 11.7 Å². The molecule has 0 saturated carbocycles. The van der Waals surface area contributed by atoms with Crippen LogP contribution >= 0.6 is 11.6 Å². The molecule has 0 bridgehead atoms. The largest absolute Gasteiger partial charge is 0.459 e. The summed E-state index contributed by atoms with van der Waals surface area (Å²) >= 11 is 5.99. The second-order valence-electron chi connectivity index (χ2n) is 5.53. The normalized spacial score (nSPS) is 10.8. The Balaban J connectivity index is 1.66. The molecule has 0 saturated heterocycles. The Bertz CT molecular complexity index is 848. The molecule has 0 N–H and O–H groups in total. The van der Waals surface area contributed by atoms with Crippen LogP contribution in [0.5, 0.6) is 0 Å². The first-order valence-corrected chi connectivity index (χ1v) is 8.45. The highest BCUT2D eigenvalue weighted by Gasteiger charge is 2.19. The lowest BCUT2D eigenvalue weighted by atomic mass is 10.2. The van der Waals surface area contributed by atoms with Crippen molar-refractivity contribution in [2.75, 3.05) is 26.8 Å². The summed E-state index contributed by atoms with van der Waals surface area (Å²) in [4.78, 5) is 18.5. The Labute approximate surface area is 155 Å². The van der Waals surface area contributed by atoms with Gasteiger partial charge >= 0.3 is 0 Å². The predicted octanol–water partition coefficient (Wildman–Crippen LogP) is 3.31. The van der Waals surface area contributed by atoms with Crippen LogP contribution in [0, 0.1) is 0 Å². The summed E-state index contributed by atoms with van der Waals surface area (Å²) in [5.41, 5.74) is 0.774. The number of furan rings is 1. The highest BCUT2D eigenvalue weighted by molar-refractivity contribution is 6.30. The average molecular weight is 376 g/mol. The second-order valence-corrected chi connectivity index (χ2v) is 5.97. The molecular formula is C18H18ClN3O4. The topological polar surface area (TPSA) is 81.6 Å². The lowest BCUT2D eigenvalue weighted by Gasteiger charge is -2.20. The molecule has 0 aliphatic rings. The van der Waals surface area contributed by atoms with E-state index >= 15 is 0 Å². The van der Waals surface area contributed by atoms with Gasteiger partial charge < -0.3 is 18.6 Å². The van der Waals surface area contributed by atoms with Crippen LogP contribution in [0.15, 0.2) is 51.6 Å². The molecule has 3 rings (SSSR count). The number of carbonyl (C=O) groups excluding carboxylic acids is 1. The van der Waals surface area contributed by atoms with Gasteiger partial charge in [-0.1, -0.05) is 28.9 Å². The van der Waals surface area contributed by atoms with Crippen LogP contribution in [-0.4, -0.2) is 47.8 Å². The summed E-state index contributed by atoms with van der Waals surface area (Å²) < 4.78 is 15.5. The monoisotopic (exact) mass is 375 g/mol. The zero-order valence-corrected chi connectivity index (χ0v) is 15.0. The smallest absolute Gasteiger partial charge is 0.289 e. The third-order valence-electron chi connectivity index (χ3n) is 3.73. The maximum absolute atomic E-state index is 12.5. The Hall–Kier alpha value is -2.64. The van der Waals surface area contributed by atoms with E-state index in [0.717, 1.165) is 5.56 Å². The molecular weight excluding hydrogens is 358 g/mol. The SMILES string of the molecule is COCCN(CCc1nc(-c2cccc(Cl)c2)no1)C(=O)c1ccco1. The molecule has 0 aliphatic heterocycles. The minimum atomic E-state index is -0.207. The molecule has 0 aliphatic carbocycles. The predicted molar refractivity (Wildman–Crippen MR) is 94.9 cm³/mol. The Kier molecular flexibility index (Phi) is 6.04. The van der Waals surface area contributed by atoms with Crippen LogP contribution in [0.25, 0.3) is 11.4 Å². The van der Waals surface area contributed by atoms with E-state index in [4.69, 9.17) is 25.3 Å². The van der Waals surface area contributed by atoms with Gasteiger partial charge in [-0.05, 0) is 24.3 Å². The van der Waals surface area contributed by atoms with E-state index in [1.54, 1.807) is 36.3 Å². The fourth-order valence-corrected chi connectivity index (χ4v) is 2.59. The van der Waals surface area contributed by atoms with Crippen LogP contribution in [0.1, 0.15) is 16.4 Å². The lowest BCUT2D eigenvalue weighted by molar-refractivity contribution is 0.0663. The molecule has 1 aromatic carbocycles. The zero-order chi connectivity index (χ0) is 18.4. The van der Waals surface area contributed by atoms with E-state index in [1.807, 2.05) is 12.1 Å². The van der Waals surface area contributed by atoms with Gasteiger partial charge in [0.1, 0.15) is 0 Å². The van der Waals surface area contributed by atoms with Gasteiger partial charge in [-0.3, -0.25) is 4.79 Å². The van der Waals surface area contributed by atoms with Gasteiger partial charge in [-0.15, -0.1) is 0 Å². The maximum Gasteiger partial charge on any atom is 0.289 e. The van der Waals surface area contributed by atoms with Gasteiger partial charge in [0, 0.05) is 37.2 Å². The molecule has 0 unspecified atom stereocenters. The Morgan fingerprint density at radius 1 is 1.27 bits per heavy atom. The molecule has 0 fully saturated rings. The number of nitrogens with zero attached hydrogens (tertiary/aromatic N) is 3. The van der Waals surface area contributed by atoms with Crippen molar-refractivity contribution < 1.29 is 18.5 Å². The number of carbonyl (C=O) groups is 1. The standard InChI is InChI=1S/C18H18ClN3O4/c1-24-11-9-22(18(23)15-6-3-10-25-15)8-7-16-20-17(21-26-16)13-4-2-5-14(19)12-13/h2-6,10,12H,7-9,11H2,1H3. The number of halogens is 1. The summed E-state index contributed by atoms with van der Waals surface area (Å²) in [6, 6.07) is 10.5. The van der Waals surface area contributed by atoms with E-state index in [1.165, 1.54) is 6.26 Å². The van der Waals surface area contributed by atoms with E-state index in [0.29, 0.717) is 42.9 Å². The zero-order valence-electron chi connectivity index (χ0n) is 14.2. The van der Waals surface area contributed by atoms with Crippen LogP contribution in [0.3, 0.4) is 0 Å².